The molecule has 0 aromatic carbocycles. The average molecular weight is 282 g/mol. The number of rotatable bonds is 6. The molecule has 20 heavy (non-hydrogen) atoms. The molecule has 1 amide bonds. The minimum absolute atomic E-state index is 0.0747. The summed E-state index contributed by atoms with van der Waals surface area (Å²) in [6, 6.07) is 1.66. The van der Waals surface area contributed by atoms with Crippen molar-refractivity contribution in [3.63, 3.8) is 0 Å². The Hall–Kier alpha value is -1.69. The van der Waals surface area contributed by atoms with Gasteiger partial charge in [0.25, 0.3) is 0 Å². The van der Waals surface area contributed by atoms with Crippen molar-refractivity contribution in [1.82, 2.24) is 15.6 Å². The van der Waals surface area contributed by atoms with Crippen molar-refractivity contribution < 1.29 is 9.18 Å². The van der Waals surface area contributed by atoms with E-state index in [4.69, 9.17) is 0 Å². The van der Waals surface area contributed by atoms with Gasteiger partial charge in [-0.2, -0.15) is 0 Å². The van der Waals surface area contributed by atoms with E-state index in [1.165, 1.54) is 6.92 Å². The lowest BCUT2D eigenvalue weighted by Crippen LogP contribution is -2.35. The smallest absolute Gasteiger partial charge is 0.216 e. The van der Waals surface area contributed by atoms with Crippen LogP contribution in [-0.2, 0) is 11.3 Å². The first-order valence-corrected chi connectivity index (χ1v) is 6.66. The van der Waals surface area contributed by atoms with E-state index in [0.29, 0.717) is 25.2 Å². The van der Waals surface area contributed by atoms with Crippen LogP contribution in [0.5, 0.6) is 0 Å². The lowest BCUT2D eigenvalue weighted by atomic mass is 10.1. The molecule has 6 heteroatoms. The molecule has 0 saturated carbocycles. The number of hydrogen-bond acceptors (Lipinski definition) is 4. The maximum absolute atomic E-state index is 14.2. The van der Waals surface area contributed by atoms with Crippen molar-refractivity contribution in [2.75, 3.05) is 18.4 Å². The number of nitrogens with zero attached hydrogens (tertiary/aromatic N) is 1. The standard InChI is InChI=1S/C14H23FN4O/c1-10(20)16-7-8-18-13-12(15)11(5-6-17-13)9-19-14(2,3)4/h5-6,19H,7-9H2,1-4H3,(H,16,20)(H,17,18). The second kappa shape index (κ2) is 7.19. The van der Waals surface area contributed by atoms with Crippen LogP contribution >= 0.6 is 0 Å². The first kappa shape index (κ1) is 16.4. The molecule has 0 spiro atoms. The van der Waals surface area contributed by atoms with E-state index in [9.17, 15) is 9.18 Å². The Morgan fingerprint density at radius 1 is 1.35 bits per heavy atom. The van der Waals surface area contributed by atoms with Gasteiger partial charge in [0.15, 0.2) is 11.6 Å². The molecule has 0 fully saturated rings. The highest BCUT2D eigenvalue weighted by Gasteiger charge is 2.13. The zero-order valence-corrected chi connectivity index (χ0v) is 12.5. The van der Waals surface area contributed by atoms with Crippen LogP contribution in [0.2, 0.25) is 0 Å². The maximum atomic E-state index is 14.2. The molecule has 112 valence electrons. The Morgan fingerprint density at radius 2 is 2.05 bits per heavy atom. The van der Waals surface area contributed by atoms with Gasteiger partial charge in [-0.25, -0.2) is 9.37 Å². The molecule has 0 unspecified atom stereocenters. The molecule has 0 aliphatic rings. The van der Waals surface area contributed by atoms with Crippen molar-refractivity contribution in [3.8, 4) is 0 Å². The van der Waals surface area contributed by atoms with E-state index in [1.54, 1.807) is 12.3 Å². The average Bonchev–Trinajstić information content (AvgIpc) is 2.33. The van der Waals surface area contributed by atoms with Gasteiger partial charge >= 0.3 is 0 Å². The van der Waals surface area contributed by atoms with E-state index in [2.05, 4.69) is 20.9 Å². The van der Waals surface area contributed by atoms with Crippen LogP contribution in [0.15, 0.2) is 12.3 Å². The third-order valence-electron chi connectivity index (χ3n) is 2.57. The Bertz CT molecular complexity index is 457. The van der Waals surface area contributed by atoms with Crippen molar-refractivity contribution >= 4 is 11.7 Å². The predicted molar refractivity (Wildman–Crippen MR) is 78.0 cm³/mol. The van der Waals surface area contributed by atoms with Gasteiger partial charge in [0.05, 0.1) is 0 Å². The van der Waals surface area contributed by atoms with E-state index in [0.717, 1.165) is 0 Å². The minimum atomic E-state index is -0.355. The van der Waals surface area contributed by atoms with Crippen LogP contribution in [0.25, 0.3) is 0 Å². The van der Waals surface area contributed by atoms with Crippen LogP contribution in [0.4, 0.5) is 10.2 Å². The second-order valence-electron chi connectivity index (χ2n) is 5.65. The Kier molecular flexibility index (Phi) is 5.88. The molecule has 5 nitrogen and oxygen atoms in total. The van der Waals surface area contributed by atoms with Gasteiger partial charge in [0, 0.05) is 43.9 Å². The fourth-order valence-electron chi connectivity index (χ4n) is 1.52. The van der Waals surface area contributed by atoms with Gasteiger partial charge < -0.3 is 16.0 Å². The molecule has 1 aromatic rings. The number of hydrogen-bond donors (Lipinski definition) is 3. The number of halogens is 1. The van der Waals surface area contributed by atoms with Gasteiger partial charge in [-0.15, -0.1) is 0 Å². The van der Waals surface area contributed by atoms with Crippen LogP contribution < -0.4 is 16.0 Å². The molecule has 3 N–H and O–H groups in total. The second-order valence-corrected chi connectivity index (χ2v) is 5.65. The summed E-state index contributed by atoms with van der Waals surface area (Å²) in [4.78, 5) is 14.7. The molecule has 0 bridgehead atoms. The lowest BCUT2D eigenvalue weighted by Gasteiger charge is -2.21. The van der Waals surface area contributed by atoms with E-state index < -0.39 is 0 Å². The SMILES string of the molecule is CC(=O)NCCNc1nccc(CNC(C)(C)C)c1F. The Labute approximate surface area is 119 Å². The number of carbonyl (C=O) groups excluding carboxylic acids is 1. The lowest BCUT2D eigenvalue weighted by molar-refractivity contribution is -0.118. The number of amides is 1. The van der Waals surface area contributed by atoms with E-state index >= 15 is 0 Å². The largest absolute Gasteiger partial charge is 0.366 e. The van der Waals surface area contributed by atoms with Gasteiger partial charge in [0.1, 0.15) is 0 Å². The van der Waals surface area contributed by atoms with E-state index in [1.807, 2.05) is 20.8 Å². The summed E-state index contributed by atoms with van der Waals surface area (Å²) in [5.74, 6) is -0.251. The monoisotopic (exact) mass is 282 g/mol. The minimum Gasteiger partial charge on any atom is -0.366 e. The van der Waals surface area contributed by atoms with Crippen LogP contribution in [0, 0.1) is 5.82 Å². The summed E-state index contributed by atoms with van der Waals surface area (Å²) in [5.41, 5.74) is 0.492. The van der Waals surface area contributed by atoms with Crippen molar-refractivity contribution in [1.29, 1.82) is 0 Å². The molecular weight excluding hydrogens is 259 g/mol. The fourth-order valence-corrected chi connectivity index (χ4v) is 1.52. The highest BCUT2D eigenvalue weighted by atomic mass is 19.1. The summed E-state index contributed by atoms with van der Waals surface area (Å²) >= 11 is 0. The molecule has 0 atom stereocenters. The molecule has 1 aromatic heterocycles. The first-order chi connectivity index (χ1) is 9.29. The summed E-state index contributed by atoms with van der Waals surface area (Å²) < 4.78 is 14.2. The zero-order chi connectivity index (χ0) is 15.2. The molecule has 1 heterocycles. The molecule has 0 aliphatic heterocycles. The number of nitrogens with one attached hydrogen (secondary N) is 3. The van der Waals surface area contributed by atoms with Crippen molar-refractivity contribution in [2.45, 2.75) is 39.8 Å². The number of carbonyl (C=O) groups is 1. The van der Waals surface area contributed by atoms with Gasteiger partial charge in [-0.3, -0.25) is 4.79 Å². The van der Waals surface area contributed by atoms with Gasteiger partial charge in [-0.1, -0.05) is 0 Å². The van der Waals surface area contributed by atoms with Crippen molar-refractivity contribution in [3.05, 3.63) is 23.6 Å². The Morgan fingerprint density at radius 3 is 2.65 bits per heavy atom. The van der Waals surface area contributed by atoms with Crippen LogP contribution in [-0.4, -0.2) is 29.5 Å². The molecule has 0 aliphatic carbocycles. The Balaban J connectivity index is 2.58. The predicted octanol–water partition coefficient (Wildman–Crippen LogP) is 1.66. The summed E-state index contributed by atoms with van der Waals surface area (Å²) in [5, 5.41) is 8.74. The molecule has 0 radical (unpaired) electrons. The number of aromatic nitrogens is 1. The van der Waals surface area contributed by atoms with Crippen LogP contribution in [0.1, 0.15) is 33.3 Å². The summed E-state index contributed by atoms with van der Waals surface area (Å²) in [6.45, 7) is 8.83. The first-order valence-electron chi connectivity index (χ1n) is 6.66. The number of anilines is 1. The number of pyridine rings is 1. The highest BCUT2D eigenvalue weighted by molar-refractivity contribution is 5.72. The molecular formula is C14H23FN4O. The van der Waals surface area contributed by atoms with E-state index in [-0.39, 0.29) is 23.1 Å². The summed E-state index contributed by atoms with van der Waals surface area (Å²) in [7, 11) is 0. The topological polar surface area (TPSA) is 66.0 Å². The zero-order valence-electron chi connectivity index (χ0n) is 12.5. The van der Waals surface area contributed by atoms with Gasteiger partial charge in [0.2, 0.25) is 5.91 Å². The maximum Gasteiger partial charge on any atom is 0.216 e. The molecule has 0 saturated heterocycles. The van der Waals surface area contributed by atoms with Crippen molar-refractivity contribution in [2.24, 2.45) is 0 Å². The quantitative estimate of drug-likeness (QED) is 0.694. The van der Waals surface area contributed by atoms with Gasteiger partial charge in [-0.05, 0) is 26.8 Å². The highest BCUT2D eigenvalue weighted by Crippen LogP contribution is 2.15. The third-order valence-corrected chi connectivity index (χ3v) is 2.57. The molecule has 1 rings (SSSR count). The summed E-state index contributed by atoms with van der Waals surface area (Å²) in [6.07, 6.45) is 1.57. The third kappa shape index (κ3) is 5.97. The fraction of sp³-hybridized carbons (Fsp3) is 0.571. The normalized spacial score (nSPS) is 11.2. The van der Waals surface area contributed by atoms with Crippen LogP contribution in [0.3, 0.4) is 0 Å².